The summed E-state index contributed by atoms with van der Waals surface area (Å²) in [5.41, 5.74) is 0.463. The van der Waals surface area contributed by atoms with Crippen molar-refractivity contribution in [3.63, 3.8) is 0 Å². The fourth-order valence-corrected chi connectivity index (χ4v) is 4.92. The van der Waals surface area contributed by atoms with Crippen LogP contribution in [-0.2, 0) is 6.18 Å². The van der Waals surface area contributed by atoms with Crippen LogP contribution in [0.5, 0.6) is 0 Å². The van der Waals surface area contributed by atoms with Crippen molar-refractivity contribution in [2.75, 3.05) is 0 Å². The molecule has 0 bridgehead atoms. The first-order valence-corrected chi connectivity index (χ1v) is 9.80. The van der Waals surface area contributed by atoms with E-state index in [2.05, 4.69) is 9.97 Å². The van der Waals surface area contributed by atoms with E-state index in [1.807, 2.05) is 0 Å². The Labute approximate surface area is 172 Å². The number of hydrogen-bond donors (Lipinski definition) is 0. The molecular formula is C21H13F3N2OSe. The third-order valence-corrected chi connectivity index (χ3v) is 6.68. The van der Waals surface area contributed by atoms with Gasteiger partial charge in [0, 0.05) is 0 Å². The minimum atomic E-state index is -4.53. The van der Waals surface area contributed by atoms with Crippen LogP contribution in [0.2, 0.25) is 0 Å². The minimum absolute atomic E-state index is 0.140. The fraction of sp³-hybridized carbons (Fsp3) is 0.143. The molecule has 28 heavy (non-hydrogen) atoms. The van der Waals surface area contributed by atoms with E-state index in [1.165, 1.54) is 6.07 Å². The van der Waals surface area contributed by atoms with E-state index >= 15 is 0 Å². The Morgan fingerprint density at radius 1 is 1.04 bits per heavy atom. The van der Waals surface area contributed by atoms with Gasteiger partial charge in [-0.25, -0.2) is 0 Å². The summed E-state index contributed by atoms with van der Waals surface area (Å²) in [7, 11) is 0. The summed E-state index contributed by atoms with van der Waals surface area (Å²) >= 11 is -0.995. The Bertz CT molecular complexity index is 1580. The maximum atomic E-state index is 13.2. The zero-order chi connectivity index (χ0) is 24.6. The van der Waals surface area contributed by atoms with Crippen LogP contribution in [0.15, 0.2) is 47.0 Å². The van der Waals surface area contributed by atoms with Crippen LogP contribution in [0.4, 0.5) is 13.2 Å². The summed E-state index contributed by atoms with van der Waals surface area (Å²) in [6.45, 7) is -5.37. The molecule has 2 aromatic carbocycles. The first-order valence-electron chi connectivity index (χ1n) is 11.1. The molecule has 3 aromatic heterocycles. The maximum absolute atomic E-state index is 13.2. The Morgan fingerprint density at radius 3 is 2.64 bits per heavy atom. The van der Waals surface area contributed by atoms with Gasteiger partial charge in [0.15, 0.2) is 0 Å². The van der Waals surface area contributed by atoms with Crippen LogP contribution in [0.3, 0.4) is 0 Å². The predicted octanol–water partition coefficient (Wildman–Crippen LogP) is 5.89. The Morgan fingerprint density at radius 2 is 1.86 bits per heavy atom. The van der Waals surface area contributed by atoms with Crippen molar-refractivity contribution in [1.29, 1.82) is 0 Å². The van der Waals surface area contributed by atoms with Gasteiger partial charge in [-0.2, -0.15) is 0 Å². The van der Waals surface area contributed by atoms with Crippen LogP contribution in [0.1, 0.15) is 23.9 Å². The fourth-order valence-electron chi connectivity index (χ4n) is 3.17. The zero-order valence-corrected chi connectivity index (χ0v) is 15.6. The van der Waals surface area contributed by atoms with Gasteiger partial charge < -0.3 is 0 Å². The molecule has 3 nitrogen and oxygen atoms in total. The second-order valence-electron chi connectivity index (χ2n) is 6.21. The average Bonchev–Trinajstić information content (AvgIpc) is 3.33. The van der Waals surface area contributed by atoms with Crippen molar-refractivity contribution in [3.05, 3.63) is 58.3 Å². The molecule has 140 valence electrons. The molecule has 0 saturated carbocycles. The molecule has 0 N–H and O–H groups in total. The molecule has 0 radical (unpaired) electrons. The second-order valence-corrected chi connectivity index (χ2v) is 8.37. The van der Waals surface area contributed by atoms with E-state index in [0.717, 1.165) is 6.20 Å². The van der Waals surface area contributed by atoms with Gasteiger partial charge in [0.05, 0.1) is 0 Å². The summed E-state index contributed by atoms with van der Waals surface area (Å²) in [5, 5.41) is 1.16. The number of aryl methyl sites for hydroxylation is 2. The van der Waals surface area contributed by atoms with Gasteiger partial charge in [0.1, 0.15) is 0 Å². The second kappa shape index (κ2) is 5.93. The van der Waals surface area contributed by atoms with Crippen LogP contribution in [0.25, 0.3) is 43.0 Å². The van der Waals surface area contributed by atoms with E-state index in [4.69, 9.17) is 12.6 Å². The van der Waals surface area contributed by atoms with Crippen molar-refractivity contribution in [2.45, 2.75) is 19.9 Å². The Kier molecular flexibility index (Phi) is 2.55. The van der Waals surface area contributed by atoms with Crippen molar-refractivity contribution in [2.24, 2.45) is 0 Å². The van der Waals surface area contributed by atoms with Crippen molar-refractivity contribution in [1.82, 2.24) is 9.97 Å². The zero-order valence-electron chi connectivity index (χ0n) is 19.9. The number of para-hydroxylation sites is 1. The number of pyridine rings is 1. The molecule has 0 unspecified atom stereocenters. The van der Waals surface area contributed by atoms with Crippen LogP contribution in [-0.4, -0.2) is 24.5 Å². The van der Waals surface area contributed by atoms with Gasteiger partial charge in [-0.15, -0.1) is 0 Å². The van der Waals surface area contributed by atoms with Crippen LogP contribution >= 0.6 is 0 Å². The number of nitrogens with zero attached hydrogens (tertiary/aromatic N) is 2. The summed E-state index contributed by atoms with van der Waals surface area (Å²) in [6, 6.07) is 9.52. The summed E-state index contributed by atoms with van der Waals surface area (Å²) in [6.07, 6.45) is -3.51. The van der Waals surface area contributed by atoms with Gasteiger partial charge >= 0.3 is 171 Å². The van der Waals surface area contributed by atoms with E-state index in [1.54, 1.807) is 30.3 Å². The van der Waals surface area contributed by atoms with Crippen LogP contribution in [0, 0.1) is 13.7 Å². The van der Waals surface area contributed by atoms with Gasteiger partial charge in [0.25, 0.3) is 0 Å². The number of fused-ring (bicyclic) bond motifs is 5. The number of rotatable bonds is 1. The average molecular weight is 451 g/mol. The summed E-state index contributed by atoms with van der Waals surface area (Å²) < 4.78 is 91.6. The number of alkyl halides is 3. The molecule has 0 fully saturated rings. The molecule has 0 aliphatic rings. The molecule has 5 rings (SSSR count). The molecule has 5 aromatic rings. The van der Waals surface area contributed by atoms with Crippen LogP contribution < -0.4 is 0 Å². The molecule has 7 heteroatoms. The van der Waals surface area contributed by atoms with Gasteiger partial charge in [-0.3, -0.25) is 0 Å². The molecular weight excluding hydrogens is 432 g/mol. The van der Waals surface area contributed by atoms with Crippen molar-refractivity contribution < 1.29 is 25.8 Å². The Balaban J connectivity index is 1.78. The molecule has 0 spiro atoms. The topological polar surface area (TPSA) is 38.9 Å². The molecule has 0 amide bonds. The van der Waals surface area contributed by atoms with Crippen molar-refractivity contribution in [3.8, 4) is 11.3 Å². The van der Waals surface area contributed by atoms with Gasteiger partial charge in [-0.05, 0) is 0 Å². The normalized spacial score (nSPS) is 16.5. The summed E-state index contributed by atoms with van der Waals surface area (Å²) in [5.74, 6) is 0. The number of furan rings is 1. The molecule has 0 saturated heterocycles. The number of hydrogen-bond acceptors (Lipinski definition) is 3. The number of halogens is 3. The molecule has 0 atom stereocenters. The standard InChI is InChI=1S/C21H13F3N2OSe/c1-10-8-15(25-9-11(10)2)14-5-3-4-12-13-6-7-16-17(19(13)27-18(12)14)26-20(28-16)21(22,23)24/h3-9H,1-2H3/i1D3,2D3. The number of aromatic nitrogens is 2. The molecule has 0 aliphatic heterocycles. The van der Waals surface area contributed by atoms with E-state index in [0.29, 0.717) is 26.2 Å². The molecule has 0 aliphatic carbocycles. The molecule has 3 heterocycles. The van der Waals surface area contributed by atoms with E-state index < -0.39 is 39.0 Å². The Hall–Kier alpha value is -2.63. The third kappa shape index (κ3) is 2.58. The van der Waals surface area contributed by atoms with E-state index in [-0.39, 0.29) is 27.9 Å². The van der Waals surface area contributed by atoms with Gasteiger partial charge in [0.2, 0.25) is 0 Å². The quantitative estimate of drug-likeness (QED) is 0.299. The third-order valence-electron chi connectivity index (χ3n) is 4.45. The monoisotopic (exact) mass is 452 g/mol. The SMILES string of the molecule is [2H]C([2H])([2H])c1cnc(-c2cccc3c2oc2c3ccc3[se]c(C(F)(F)F)nc32)cc1C([2H])([2H])[2H]. The first kappa shape index (κ1) is 12.0. The summed E-state index contributed by atoms with van der Waals surface area (Å²) in [4.78, 5) is 7.99. The van der Waals surface area contributed by atoms with E-state index in [9.17, 15) is 13.2 Å². The first-order chi connectivity index (χ1) is 15.7. The van der Waals surface area contributed by atoms with Crippen molar-refractivity contribution >= 4 is 46.2 Å². The predicted molar refractivity (Wildman–Crippen MR) is 104 cm³/mol. The number of benzene rings is 2. The van der Waals surface area contributed by atoms with Gasteiger partial charge in [-0.1, -0.05) is 0 Å².